The van der Waals surface area contributed by atoms with Gasteiger partial charge >= 0.3 is 43.4 Å². The Morgan fingerprint density at radius 1 is 1.13 bits per heavy atom. The third kappa shape index (κ3) is 5.19. The molecular weight excluding hydrogens is 518 g/mol. The largest absolute Gasteiger partial charge is 1.00 e. The minimum absolute atomic E-state index is 0. The molecule has 0 radical (unpaired) electrons. The molecule has 8 nitrogen and oxygen atoms in total. The summed E-state index contributed by atoms with van der Waals surface area (Å²) in [6.07, 6.45) is 5.83. The number of ketones is 3. The van der Waals surface area contributed by atoms with Crippen LogP contribution >= 0.6 is 8.03 Å². The zero-order valence-electron chi connectivity index (χ0n) is 23.3. The predicted octanol–water partition coefficient (Wildman–Crippen LogP) is 0.519. The molecule has 4 aliphatic rings. The first-order valence-electron chi connectivity index (χ1n) is 12.9. The van der Waals surface area contributed by atoms with E-state index >= 15 is 0 Å². The fourth-order valence-electron chi connectivity index (χ4n) is 7.73. The van der Waals surface area contributed by atoms with E-state index in [0.717, 1.165) is 18.4 Å². The summed E-state index contributed by atoms with van der Waals surface area (Å²) in [5.41, 5.74) is -1.08. The normalized spacial score (nSPS) is 36.7. The minimum Gasteiger partial charge on any atom is -1.00 e. The molecule has 0 aliphatic heterocycles. The molecule has 5 rings (SSSR count). The third-order valence-corrected chi connectivity index (χ3v) is 10.4. The Balaban J connectivity index is 0.000000350. The Bertz CT molecular complexity index is 1150. The molecule has 1 aromatic carbocycles. The van der Waals surface area contributed by atoms with Gasteiger partial charge < -0.3 is 16.7 Å². The van der Waals surface area contributed by atoms with Crippen molar-refractivity contribution in [2.45, 2.75) is 70.2 Å². The molecular formula is C28H37NaO8P+. The number of carbonyl (C=O) groups excluding carboxylic acids is 3. The van der Waals surface area contributed by atoms with Crippen LogP contribution in [0.15, 0.2) is 42.0 Å². The molecule has 8 atom stereocenters. The quantitative estimate of drug-likeness (QED) is 0.310. The Kier molecular flexibility index (Phi) is 9.76. The summed E-state index contributed by atoms with van der Waals surface area (Å²) in [7, 11) is -2.53. The van der Waals surface area contributed by atoms with E-state index in [2.05, 4.69) is 6.92 Å². The maximum atomic E-state index is 13.3. The molecule has 4 aliphatic carbocycles. The van der Waals surface area contributed by atoms with Crippen LogP contribution in [0.2, 0.25) is 0 Å². The number of allylic oxidation sites excluding steroid dienone is 1. The van der Waals surface area contributed by atoms with Crippen molar-refractivity contribution in [2.24, 2.45) is 28.6 Å². The maximum absolute atomic E-state index is 13.3. The molecule has 38 heavy (non-hydrogen) atoms. The topological polar surface area (TPSA) is 149 Å². The summed E-state index contributed by atoms with van der Waals surface area (Å²) in [6.45, 7) is 3.31. The Labute approximate surface area is 247 Å². The summed E-state index contributed by atoms with van der Waals surface area (Å²) in [5.74, 6) is -1.43. The van der Waals surface area contributed by atoms with Crippen LogP contribution in [0.3, 0.4) is 0 Å². The molecule has 4 N–H and O–H groups in total. The number of aliphatic hydroxyl groups is 3. The zero-order valence-corrected chi connectivity index (χ0v) is 25.2. The van der Waals surface area contributed by atoms with Gasteiger partial charge in [0.1, 0.15) is 18.0 Å². The molecule has 3 fully saturated rings. The molecule has 0 aromatic heterocycles. The van der Waals surface area contributed by atoms with E-state index in [1.807, 2.05) is 6.92 Å². The van der Waals surface area contributed by atoms with Crippen molar-refractivity contribution in [3.63, 3.8) is 0 Å². The molecule has 0 saturated heterocycles. The average molecular weight is 556 g/mol. The molecule has 202 valence electrons. The second-order valence-corrected chi connectivity index (χ2v) is 12.6. The van der Waals surface area contributed by atoms with Crippen molar-refractivity contribution in [1.29, 1.82) is 0 Å². The van der Waals surface area contributed by atoms with Gasteiger partial charge in [-0.15, -0.1) is 0 Å². The fraction of sp³-hybridized carbons (Fsp3) is 0.607. The van der Waals surface area contributed by atoms with Crippen LogP contribution in [-0.2, 0) is 18.9 Å². The van der Waals surface area contributed by atoms with Crippen LogP contribution in [0.5, 0.6) is 0 Å². The first-order valence-corrected chi connectivity index (χ1v) is 14.2. The van der Waals surface area contributed by atoms with Crippen LogP contribution < -0.4 is 29.6 Å². The number of carbonyl (C=O) groups is 3. The van der Waals surface area contributed by atoms with Gasteiger partial charge in [0, 0.05) is 29.7 Å². The first-order chi connectivity index (χ1) is 17.4. The number of rotatable bonds is 4. The van der Waals surface area contributed by atoms with E-state index in [1.165, 1.54) is 0 Å². The average Bonchev–Trinajstić information content (AvgIpc) is 3.15. The van der Waals surface area contributed by atoms with Gasteiger partial charge in [-0.25, -0.2) is 0 Å². The van der Waals surface area contributed by atoms with Gasteiger partial charge in [-0.05, 0) is 60.0 Å². The van der Waals surface area contributed by atoms with Gasteiger partial charge in [-0.2, -0.15) is 4.89 Å². The number of hydrogen-bond acceptors (Lipinski definition) is 7. The van der Waals surface area contributed by atoms with Gasteiger partial charge in [0.25, 0.3) is 0 Å². The van der Waals surface area contributed by atoms with E-state index < -0.39 is 37.3 Å². The number of aliphatic hydroxyl groups excluding tert-OH is 2. The van der Waals surface area contributed by atoms with E-state index in [9.17, 15) is 29.2 Å². The minimum atomic E-state index is -2.53. The predicted molar refractivity (Wildman–Crippen MR) is 136 cm³/mol. The van der Waals surface area contributed by atoms with Crippen LogP contribution in [0.1, 0.15) is 71.6 Å². The van der Waals surface area contributed by atoms with Crippen LogP contribution in [0.25, 0.3) is 0 Å². The van der Waals surface area contributed by atoms with Crippen molar-refractivity contribution in [1.82, 2.24) is 0 Å². The smallest absolute Gasteiger partial charge is 1.00 e. The molecule has 0 heterocycles. The van der Waals surface area contributed by atoms with Gasteiger partial charge in [0.15, 0.2) is 11.6 Å². The van der Waals surface area contributed by atoms with Crippen molar-refractivity contribution in [3.8, 4) is 0 Å². The van der Waals surface area contributed by atoms with E-state index in [4.69, 9.17) is 10.00 Å². The maximum Gasteiger partial charge on any atom is 1.00 e. The van der Waals surface area contributed by atoms with Crippen molar-refractivity contribution in [2.75, 3.05) is 6.61 Å². The SMILES string of the molecule is C[C@]12CCC(=O)C=C1CC[C@@H]1[C@@H]2C(=O)C[C@@]2(C)[C@H]1CC[C@]2(O)C(=O)CO.O=[P+](O)C(O)c1ccccc1.[H-].[Na+]. The van der Waals surface area contributed by atoms with Gasteiger partial charge in [0.05, 0.1) is 0 Å². The Morgan fingerprint density at radius 3 is 2.39 bits per heavy atom. The molecule has 0 amide bonds. The number of hydrogen-bond donors (Lipinski definition) is 4. The van der Waals surface area contributed by atoms with Crippen molar-refractivity contribution >= 4 is 25.4 Å². The summed E-state index contributed by atoms with van der Waals surface area (Å²) >= 11 is 0. The van der Waals surface area contributed by atoms with Crippen LogP contribution in [0.4, 0.5) is 0 Å². The number of Topliss-reactive ketones (excluding diaryl/α,β-unsaturated/α-hetero) is 2. The van der Waals surface area contributed by atoms with Crippen molar-refractivity contribution < 1.29 is 70.1 Å². The summed E-state index contributed by atoms with van der Waals surface area (Å²) in [6, 6.07) is 8.40. The molecule has 0 spiro atoms. The monoisotopic (exact) mass is 555 g/mol. The van der Waals surface area contributed by atoms with Gasteiger partial charge in [-0.3, -0.25) is 14.4 Å². The van der Waals surface area contributed by atoms with Crippen LogP contribution in [0, 0.1) is 28.6 Å². The van der Waals surface area contributed by atoms with E-state index in [0.29, 0.717) is 31.2 Å². The molecule has 10 heteroatoms. The Morgan fingerprint density at radius 2 is 1.79 bits per heavy atom. The Hall–Kier alpha value is -1.09. The second-order valence-electron chi connectivity index (χ2n) is 11.5. The summed E-state index contributed by atoms with van der Waals surface area (Å²) in [5, 5.41) is 29.5. The summed E-state index contributed by atoms with van der Waals surface area (Å²) < 4.78 is 10.4. The molecule has 2 unspecified atom stereocenters. The van der Waals surface area contributed by atoms with Gasteiger partial charge in [0.2, 0.25) is 0 Å². The van der Waals surface area contributed by atoms with E-state index in [-0.39, 0.29) is 72.1 Å². The second kappa shape index (κ2) is 11.8. The standard InChI is InChI=1S/C21H28O5.C7H7O3P.Na.H/c1-19-7-5-13(23)9-12(19)3-4-14-15-6-8-21(26,17(25)11-22)20(15,2)10-16(24)18(14)19;8-7(11(9)10)6-4-2-1-3-5-6;;/h9,14-15,18,22,26H,3-8,10-11H2,1-2H3;1-5,7-8H;;/q;;+1;-1/p+1/t14-,15-,18+,19-,20-,21-;;;/m0.../s1. The first kappa shape index (κ1) is 31.4. The number of benzene rings is 1. The number of fused-ring (bicyclic) bond motifs is 5. The van der Waals surface area contributed by atoms with Crippen LogP contribution in [-0.4, -0.2) is 49.8 Å². The van der Waals surface area contributed by atoms with Gasteiger partial charge in [-0.1, -0.05) is 49.8 Å². The zero-order chi connectivity index (χ0) is 27.2. The molecule has 3 saturated carbocycles. The molecule has 0 bridgehead atoms. The third-order valence-electron chi connectivity index (χ3n) is 9.72. The molecule has 1 aromatic rings. The summed E-state index contributed by atoms with van der Waals surface area (Å²) in [4.78, 5) is 46.1. The van der Waals surface area contributed by atoms with E-state index in [1.54, 1.807) is 36.4 Å². The van der Waals surface area contributed by atoms with Crippen molar-refractivity contribution in [3.05, 3.63) is 47.5 Å². The fourth-order valence-corrected chi connectivity index (χ4v) is 8.16.